The van der Waals surface area contributed by atoms with E-state index in [1.807, 2.05) is 11.6 Å². The van der Waals surface area contributed by atoms with Gasteiger partial charge in [0.25, 0.3) is 0 Å². The van der Waals surface area contributed by atoms with Gasteiger partial charge in [0, 0.05) is 11.9 Å². The van der Waals surface area contributed by atoms with Crippen LogP contribution in [0.5, 0.6) is 0 Å². The van der Waals surface area contributed by atoms with Gasteiger partial charge in [-0.2, -0.15) is 0 Å². The van der Waals surface area contributed by atoms with Gasteiger partial charge in [-0.05, 0) is 18.1 Å². The molecule has 0 fully saturated rings. The lowest BCUT2D eigenvalue weighted by atomic mass is 10.2. The minimum Gasteiger partial charge on any atom is -0.322 e. The number of hydrogen-bond donors (Lipinski definition) is 0. The molecule has 0 aliphatic heterocycles. The Morgan fingerprint density at radius 1 is 1.28 bits per heavy atom. The van der Waals surface area contributed by atoms with E-state index in [1.54, 1.807) is 11.3 Å². The highest BCUT2D eigenvalue weighted by Gasteiger charge is 2.14. The molecule has 0 saturated carbocycles. The van der Waals surface area contributed by atoms with Crippen molar-refractivity contribution in [3.8, 4) is 11.5 Å². The van der Waals surface area contributed by atoms with Crippen molar-refractivity contribution in [3.63, 3.8) is 0 Å². The molecule has 0 aliphatic rings. The molecule has 0 unspecified atom stereocenters. The lowest BCUT2D eigenvalue weighted by molar-refractivity contribution is 0.536. The van der Waals surface area contributed by atoms with E-state index in [2.05, 4.69) is 47.0 Å². The Hall–Kier alpha value is -1.68. The molecule has 2 aromatic heterocycles. The maximum atomic E-state index is 4.72. The molecule has 0 spiro atoms. The third-order valence-corrected chi connectivity index (χ3v) is 3.45. The second kappa shape index (κ2) is 4.53. The van der Waals surface area contributed by atoms with Gasteiger partial charge in [0.15, 0.2) is 5.82 Å². The van der Waals surface area contributed by atoms with Crippen LogP contribution in [-0.2, 0) is 6.54 Å². The molecule has 0 N–H and O–H groups in total. The molecule has 3 aromatic rings. The van der Waals surface area contributed by atoms with E-state index in [0.29, 0.717) is 5.92 Å². The quantitative estimate of drug-likeness (QED) is 0.714. The van der Waals surface area contributed by atoms with E-state index < -0.39 is 0 Å². The van der Waals surface area contributed by atoms with E-state index >= 15 is 0 Å². The van der Waals surface area contributed by atoms with Crippen LogP contribution in [0.15, 0.2) is 35.2 Å². The summed E-state index contributed by atoms with van der Waals surface area (Å²) in [6.07, 6.45) is 0. The summed E-state index contributed by atoms with van der Waals surface area (Å²) in [5.74, 6) is 1.56. The van der Waals surface area contributed by atoms with Crippen LogP contribution in [0.25, 0.3) is 22.6 Å². The summed E-state index contributed by atoms with van der Waals surface area (Å²) in [5, 5.41) is 2.05. The summed E-state index contributed by atoms with van der Waals surface area (Å²) >= 11 is 1.61. The molecule has 0 amide bonds. The Balaban J connectivity index is 2.23. The molecule has 4 heteroatoms. The third-order valence-electron chi connectivity index (χ3n) is 2.86. The second-order valence-corrected chi connectivity index (χ2v) is 5.52. The van der Waals surface area contributed by atoms with E-state index in [9.17, 15) is 0 Å². The van der Waals surface area contributed by atoms with Crippen molar-refractivity contribution in [2.45, 2.75) is 20.4 Å². The monoisotopic (exact) mass is 257 g/mol. The lowest BCUT2D eigenvalue weighted by Gasteiger charge is -2.10. The Morgan fingerprint density at radius 2 is 2.11 bits per heavy atom. The van der Waals surface area contributed by atoms with Gasteiger partial charge in [-0.3, -0.25) is 0 Å². The van der Waals surface area contributed by atoms with Gasteiger partial charge >= 0.3 is 0 Å². The number of fused-ring (bicyclic) bond motifs is 1. The average molecular weight is 257 g/mol. The number of aromatic nitrogens is 3. The van der Waals surface area contributed by atoms with Crippen LogP contribution in [0.3, 0.4) is 0 Å². The molecule has 0 saturated heterocycles. The number of thiazole rings is 1. The fraction of sp³-hybridized carbons (Fsp3) is 0.286. The van der Waals surface area contributed by atoms with Crippen LogP contribution in [0.1, 0.15) is 13.8 Å². The molecule has 0 radical (unpaired) electrons. The molecular weight excluding hydrogens is 242 g/mol. The smallest absolute Gasteiger partial charge is 0.160 e. The van der Waals surface area contributed by atoms with Gasteiger partial charge in [0.1, 0.15) is 5.69 Å². The Bertz CT molecular complexity index is 653. The van der Waals surface area contributed by atoms with Crippen molar-refractivity contribution in [1.29, 1.82) is 0 Å². The largest absolute Gasteiger partial charge is 0.322 e. The van der Waals surface area contributed by atoms with Crippen molar-refractivity contribution in [2.24, 2.45) is 5.92 Å². The number of hydrogen-bond acceptors (Lipinski definition) is 3. The number of benzene rings is 1. The predicted octanol–water partition coefficient (Wildman–Crippen LogP) is 3.82. The highest BCUT2D eigenvalue weighted by atomic mass is 32.1. The van der Waals surface area contributed by atoms with Crippen molar-refractivity contribution >= 4 is 22.4 Å². The first-order valence-electron chi connectivity index (χ1n) is 6.09. The van der Waals surface area contributed by atoms with Crippen LogP contribution in [0, 0.1) is 5.92 Å². The molecule has 92 valence electrons. The van der Waals surface area contributed by atoms with Crippen molar-refractivity contribution in [3.05, 3.63) is 35.2 Å². The number of nitrogens with zero attached hydrogens (tertiary/aromatic N) is 3. The molecule has 0 atom stereocenters. The van der Waals surface area contributed by atoms with Crippen molar-refractivity contribution in [2.75, 3.05) is 0 Å². The molecule has 1 aromatic carbocycles. The fourth-order valence-electron chi connectivity index (χ4n) is 2.14. The highest BCUT2D eigenvalue weighted by molar-refractivity contribution is 7.07. The number of para-hydroxylation sites is 2. The molecule has 3 nitrogen and oxygen atoms in total. The first-order valence-corrected chi connectivity index (χ1v) is 7.04. The minimum absolute atomic E-state index is 0.583. The Morgan fingerprint density at radius 3 is 2.83 bits per heavy atom. The summed E-state index contributed by atoms with van der Waals surface area (Å²) in [6, 6.07) is 8.27. The zero-order valence-electron chi connectivity index (χ0n) is 10.5. The first-order chi connectivity index (χ1) is 8.75. The molecule has 0 bridgehead atoms. The predicted molar refractivity (Wildman–Crippen MR) is 75.7 cm³/mol. The normalized spacial score (nSPS) is 11.5. The van der Waals surface area contributed by atoms with Crippen molar-refractivity contribution in [1.82, 2.24) is 14.5 Å². The average Bonchev–Trinajstić information content (AvgIpc) is 2.96. The van der Waals surface area contributed by atoms with Gasteiger partial charge in [-0.1, -0.05) is 26.0 Å². The molecule has 2 heterocycles. The van der Waals surface area contributed by atoms with Gasteiger partial charge in [-0.15, -0.1) is 11.3 Å². The summed E-state index contributed by atoms with van der Waals surface area (Å²) in [6.45, 7) is 5.41. The first kappa shape index (κ1) is 11.4. The standard InChI is InChI=1S/C14H15N3S/c1-10(2)7-17-13-6-4-3-5-11(13)16-14(17)12-8-18-9-15-12/h3-6,8-10H,7H2,1-2H3. The van der Waals surface area contributed by atoms with Crippen molar-refractivity contribution < 1.29 is 0 Å². The maximum absolute atomic E-state index is 4.72. The summed E-state index contributed by atoms with van der Waals surface area (Å²) in [7, 11) is 0. The van der Waals surface area contributed by atoms with Gasteiger partial charge in [0.2, 0.25) is 0 Å². The van der Waals surface area contributed by atoms with E-state index in [0.717, 1.165) is 23.6 Å². The second-order valence-electron chi connectivity index (χ2n) is 4.80. The minimum atomic E-state index is 0.583. The molecule has 18 heavy (non-hydrogen) atoms. The Kier molecular flexibility index (Phi) is 2.88. The van der Waals surface area contributed by atoms with Gasteiger partial charge < -0.3 is 4.57 Å². The van der Waals surface area contributed by atoms with Gasteiger partial charge in [-0.25, -0.2) is 9.97 Å². The highest BCUT2D eigenvalue weighted by Crippen LogP contribution is 2.25. The summed E-state index contributed by atoms with van der Waals surface area (Å²) in [4.78, 5) is 9.10. The Labute approximate surface area is 110 Å². The SMILES string of the molecule is CC(C)Cn1c(-c2cscn2)nc2ccccc21. The summed E-state index contributed by atoms with van der Waals surface area (Å²) < 4.78 is 2.27. The molecule has 3 rings (SSSR count). The van der Waals surface area contributed by atoms with E-state index in [4.69, 9.17) is 4.98 Å². The van der Waals surface area contributed by atoms with Crippen LogP contribution < -0.4 is 0 Å². The van der Waals surface area contributed by atoms with Crippen LogP contribution in [-0.4, -0.2) is 14.5 Å². The zero-order chi connectivity index (χ0) is 12.5. The number of imidazole rings is 1. The van der Waals surface area contributed by atoms with Gasteiger partial charge in [0.05, 0.1) is 16.5 Å². The summed E-state index contributed by atoms with van der Waals surface area (Å²) in [5.41, 5.74) is 5.06. The third kappa shape index (κ3) is 1.93. The van der Waals surface area contributed by atoms with Crippen LogP contribution >= 0.6 is 11.3 Å². The maximum Gasteiger partial charge on any atom is 0.160 e. The van der Waals surface area contributed by atoms with Crippen LogP contribution in [0.4, 0.5) is 0 Å². The topological polar surface area (TPSA) is 30.7 Å². The van der Waals surface area contributed by atoms with Crippen LogP contribution in [0.2, 0.25) is 0 Å². The number of rotatable bonds is 3. The zero-order valence-corrected chi connectivity index (χ0v) is 11.3. The lowest BCUT2D eigenvalue weighted by Crippen LogP contribution is -2.06. The van der Waals surface area contributed by atoms with E-state index in [1.165, 1.54) is 5.52 Å². The fourth-order valence-corrected chi connectivity index (χ4v) is 2.67. The molecular formula is C14H15N3S. The molecule has 0 aliphatic carbocycles. The van der Waals surface area contributed by atoms with E-state index in [-0.39, 0.29) is 0 Å².